The van der Waals surface area contributed by atoms with Gasteiger partial charge in [0.05, 0.1) is 11.8 Å². The highest BCUT2D eigenvalue weighted by atomic mass is 32.2. The monoisotopic (exact) mass is 630 g/mol. The van der Waals surface area contributed by atoms with Crippen LogP contribution in [-0.4, -0.2) is 42.6 Å². The van der Waals surface area contributed by atoms with Crippen molar-refractivity contribution in [2.45, 2.75) is 127 Å². The highest BCUT2D eigenvalue weighted by Crippen LogP contribution is 2.67. The molecule has 6 rings (SSSR count). The fourth-order valence-corrected chi connectivity index (χ4v) is 12.5. The molecule has 0 spiro atoms. The Balaban J connectivity index is 1.34. The Hall–Kier alpha value is -2.69. The summed E-state index contributed by atoms with van der Waals surface area (Å²) in [4.78, 5) is 14.5. The maximum absolute atomic E-state index is 14.8. The van der Waals surface area contributed by atoms with E-state index in [9.17, 15) is 18.5 Å². The number of hydrogen-bond acceptors (Lipinski definition) is 5. The highest BCUT2D eigenvalue weighted by Gasteiger charge is 2.68. The van der Waals surface area contributed by atoms with Gasteiger partial charge in [-0.1, -0.05) is 113 Å². The number of nitriles is 1. The van der Waals surface area contributed by atoms with Crippen molar-refractivity contribution in [1.29, 1.82) is 5.26 Å². The number of sulfonamides is 1. The van der Waals surface area contributed by atoms with Gasteiger partial charge in [0.25, 0.3) is 0 Å². The fraction of sp³-hybridized carbons (Fsp3) is 0.632. The Morgan fingerprint density at radius 3 is 1.98 bits per heavy atom. The number of fused-ring (bicyclic) bond motifs is 2. The first-order valence-corrected chi connectivity index (χ1v) is 19.0. The average Bonchev–Trinajstić information content (AvgIpc) is 3.40. The number of esters is 1. The molecule has 0 aliphatic heterocycles. The van der Waals surface area contributed by atoms with Crippen LogP contribution in [-0.2, 0) is 31.4 Å². The first kappa shape index (κ1) is 32.3. The first-order chi connectivity index (χ1) is 21.6. The SMILES string of the molecule is CC1(C)[C@@H]2CC[C@@]1(CS(=O)(=O)N(C1CCCCC1)C1CCCCC1)[C@H](OC(=O)[C@@](C#N)(Cc1ccccc1)c1ccccc1)C2. The minimum Gasteiger partial charge on any atom is -0.460 e. The maximum Gasteiger partial charge on any atom is 0.331 e. The van der Waals surface area contributed by atoms with E-state index < -0.39 is 32.9 Å². The quantitative estimate of drug-likeness (QED) is 0.251. The molecule has 242 valence electrons. The topological polar surface area (TPSA) is 87.5 Å². The molecule has 2 aromatic rings. The van der Waals surface area contributed by atoms with E-state index in [0.717, 1.165) is 63.4 Å². The van der Waals surface area contributed by atoms with Crippen molar-refractivity contribution in [1.82, 2.24) is 4.31 Å². The average molecular weight is 631 g/mol. The molecule has 4 saturated carbocycles. The molecule has 0 saturated heterocycles. The van der Waals surface area contributed by atoms with Crippen LogP contribution in [0, 0.1) is 28.1 Å². The number of ether oxygens (including phenoxy) is 1. The van der Waals surface area contributed by atoms with E-state index in [1.54, 1.807) is 0 Å². The van der Waals surface area contributed by atoms with Crippen LogP contribution >= 0.6 is 0 Å². The largest absolute Gasteiger partial charge is 0.460 e. The predicted molar refractivity (Wildman–Crippen MR) is 177 cm³/mol. The standard InChI is InChI=1S/C38H50N2O4S/c1-36(2)31-23-24-38(36,28-45(42,43)40(32-19-11-5-12-20-32)33-21-13-6-14-22-33)34(25-31)44-35(41)37(27-39,30-17-9-4-10-18-30)26-29-15-7-3-8-16-29/h3-4,7-10,15-18,31-34H,5-6,11-14,19-26,28H2,1-2H3/t31-,34-,37-,38-/m1/s1. The molecule has 4 aliphatic rings. The lowest BCUT2D eigenvalue weighted by molar-refractivity contribution is -0.161. The minimum absolute atomic E-state index is 0.0119. The van der Waals surface area contributed by atoms with E-state index in [1.165, 1.54) is 12.8 Å². The van der Waals surface area contributed by atoms with Crippen molar-refractivity contribution in [2.75, 3.05) is 5.75 Å². The number of hydrogen-bond donors (Lipinski definition) is 0. The minimum atomic E-state index is -3.65. The summed E-state index contributed by atoms with van der Waals surface area (Å²) in [6.07, 6.45) is 12.4. The lowest BCUT2D eigenvalue weighted by Gasteiger charge is -2.46. The summed E-state index contributed by atoms with van der Waals surface area (Å²) in [6.45, 7) is 4.39. The van der Waals surface area contributed by atoms with Gasteiger partial charge in [-0.2, -0.15) is 9.57 Å². The van der Waals surface area contributed by atoms with Crippen molar-refractivity contribution in [3.05, 3.63) is 71.8 Å². The van der Waals surface area contributed by atoms with E-state index in [4.69, 9.17) is 4.74 Å². The Morgan fingerprint density at radius 1 is 0.889 bits per heavy atom. The summed E-state index contributed by atoms with van der Waals surface area (Å²) >= 11 is 0. The van der Waals surface area contributed by atoms with Crippen LogP contribution in [0.1, 0.15) is 108 Å². The number of benzene rings is 2. The van der Waals surface area contributed by atoms with Crippen LogP contribution in [0.3, 0.4) is 0 Å². The summed E-state index contributed by atoms with van der Waals surface area (Å²) in [6, 6.07) is 21.4. The van der Waals surface area contributed by atoms with Crippen LogP contribution in [0.5, 0.6) is 0 Å². The van der Waals surface area contributed by atoms with Gasteiger partial charge in [-0.3, -0.25) is 0 Å². The van der Waals surface area contributed by atoms with Gasteiger partial charge in [0, 0.05) is 23.9 Å². The molecule has 2 aromatic carbocycles. The third kappa shape index (κ3) is 5.87. The first-order valence-electron chi connectivity index (χ1n) is 17.4. The van der Waals surface area contributed by atoms with Crippen LogP contribution in [0.15, 0.2) is 60.7 Å². The van der Waals surface area contributed by atoms with E-state index in [-0.39, 0.29) is 35.6 Å². The van der Waals surface area contributed by atoms with Gasteiger partial charge in [0.15, 0.2) is 5.41 Å². The molecule has 6 nitrogen and oxygen atoms in total. The van der Waals surface area contributed by atoms with Gasteiger partial charge in [-0.15, -0.1) is 0 Å². The summed E-state index contributed by atoms with van der Waals surface area (Å²) in [5.41, 5.74) is -1.06. The molecule has 4 aliphatic carbocycles. The molecule has 0 N–H and O–H groups in total. The lowest BCUT2D eigenvalue weighted by Crippen LogP contribution is -2.55. The van der Waals surface area contributed by atoms with Crippen LogP contribution in [0.25, 0.3) is 0 Å². The normalized spacial score (nSPS) is 28.4. The van der Waals surface area contributed by atoms with E-state index in [2.05, 4.69) is 19.9 Å². The summed E-state index contributed by atoms with van der Waals surface area (Å²) < 4.78 is 38.2. The van der Waals surface area contributed by atoms with Gasteiger partial charge in [0.1, 0.15) is 6.10 Å². The van der Waals surface area contributed by atoms with Crippen molar-refractivity contribution < 1.29 is 17.9 Å². The Morgan fingerprint density at radius 2 is 1.44 bits per heavy atom. The van der Waals surface area contributed by atoms with Gasteiger partial charge >= 0.3 is 5.97 Å². The van der Waals surface area contributed by atoms with Crippen LogP contribution in [0.2, 0.25) is 0 Å². The molecule has 0 amide bonds. The number of carbonyl (C=O) groups is 1. The van der Waals surface area contributed by atoms with Crippen molar-refractivity contribution in [3.63, 3.8) is 0 Å². The van der Waals surface area contributed by atoms with E-state index in [1.807, 2.05) is 65.0 Å². The molecule has 0 aromatic heterocycles. The van der Waals surface area contributed by atoms with Gasteiger partial charge in [-0.05, 0) is 67.4 Å². The van der Waals surface area contributed by atoms with Crippen molar-refractivity contribution in [2.24, 2.45) is 16.7 Å². The Kier molecular flexibility index (Phi) is 9.20. The van der Waals surface area contributed by atoms with Crippen LogP contribution < -0.4 is 0 Å². The molecule has 0 radical (unpaired) electrons. The summed E-state index contributed by atoms with van der Waals surface area (Å²) in [5.74, 6) is -0.287. The fourth-order valence-electron chi connectivity index (χ4n) is 9.63. The molecule has 45 heavy (non-hydrogen) atoms. The van der Waals surface area contributed by atoms with Crippen molar-refractivity contribution in [3.8, 4) is 6.07 Å². The molecule has 4 atom stereocenters. The molecule has 0 unspecified atom stereocenters. The van der Waals surface area contributed by atoms with E-state index in [0.29, 0.717) is 18.4 Å². The predicted octanol–water partition coefficient (Wildman–Crippen LogP) is 7.73. The molecule has 4 fully saturated rings. The van der Waals surface area contributed by atoms with Gasteiger partial charge < -0.3 is 4.74 Å². The van der Waals surface area contributed by atoms with Crippen LogP contribution in [0.4, 0.5) is 0 Å². The second-order valence-electron chi connectivity index (χ2n) is 15.0. The summed E-state index contributed by atoms with van der Waals surface area (Å²) in [7, 11) is -3.65. The third-order valence-electron chi connectivity index (χ3n) is 12.4. The lowest BCUT2D eigenvalue weighted by atomic mass is 9.69. The number of carbonyl (C=O) groups excluding carboxylic acids is 1. The Labute approximate surface area is 270 Å². The van der Waals surface area contributed by atoms with Gasteiger partial charge in [0.2, 0.25) is 10.0 Å². The molecule has 7 heteroatoms. The zero-order valence-corrected chi connectivity index (χ0v) is 27.9. The number of rotatable bonds is 10. The van der Waals surface area contributed by atoms with E-state index >= 15 is 0 Å². The molecule has 2 bridgehead atoms. The Bertz CT molecular complexity index is 1460. The molecular formula is C38H50N2O4S. The zero-order chi connectivity index (χ0) is 31.7. The second-order valence-corrected chi connectivity index (χ2v) is 16.8. The summed E-state index contributed by atoms with van der Waals surface area (Å²) in [5, 5.41) is 10.7. The molecular weight excluding hydrogens is 580 g/mol. The van der Waals surface area contributed by atoms with Crippen molar-refractivity contribution >= 4 is 16.0 Å². The third-order valence-corrected chi connectivity index (χ3v) is 14.5. The smallest absolute Gasteiger partial charge is 0.331 e. The van der Waals surface area contributed by atoms with Gasteiger partial charge in [-0.25, -0.2) is 13.2 Å². The number of nitrogens with zero attached hydrogens (tertiary/aromatic N) is 2. The second kappa shape index (κ2) is 12.8. The molecule has 0 heterocycles. The zero-order valence-electron chi connectivity index (χ0n) is 27.1. The highest BCUT2D eigenvalue weighted by molar-refractivity contribution is 7.89. The maximum atomic E-state index is 14.8.